The average Bonchev–Trinajstić information content (AvgIpc) is 3.06. The van der Waals surface area contributed by atoms with Crippen LogP contribution in [0.3, 0.4) is 0 Å². The second-order valence-electron chi connectivity index (χ2n) is 6.66. The standard InChI is InChI=1S/C21H24F3N3O/c1-5-13(6-2)27-18(7-3)26-19-16(10-11-25-20(19)27)15-9-8-14(28-4)12-17(15)21(22,23)24/h8-13H,5-7H2,1-4H3. The van der Waals surface area contributed by atoms with Crippen molar-refractivity contribution < 1.29 is 17.9 Å². The minimum atomic E-state index is -4.51. The largest absolute Gasteiger partial charge is 0.497 e. The third-order valence-corrected chi connectivity index (χ3v) is 5.10. The Morgan fingerprint density at radius 1 is 1.07 bits per heavy atom. The van der Waals surface area contributed by atoms with Gasteiger partial charge in [0.05, 0.1) is 12.7 Å². The topological polar surface area (TPSA) is 39.9 Å². The fourth-order valence-electron chi connectivity index (χ4n) is 3.66. The molecule has 0 bridgehead atoms. The molecule has 2 aromatic heterocycles. The van der Waals surface area contributed by atoms with Crippen molar-refractivity contribution in [2.45, 2.75) is 52.3 Å². The van der Waals surface area contributed by atoms with E-state index in [-0.39, 0.29) is 17.4 Å². The van der Waals surface area contributed by atoms with E-state index in [1.807, 2.05) is 6.92 Å². The minimum absolute atomic E-state index is 0.0811. The average molecular weight is 391 g/mol. The van der Waals surface area contributed by atoms with Crippen LogP contribution >= 0.6 is 0 Å². The Morgan fingerprint density at radius 2 is 1.79 bits per heavy atom. The monoisotopic (exact) mass is 391 g/mol. The maximum atomic E-state index is 13.7. The molecule has 3 aromatic rings. The zero-order valence-corrected chi connectivity index (χ0v) is 16.5. The molecular weight excluding hydrogens is 367 g/mol. The molecule has 1 aromatic carbocycles. The second kappa shape index (κ2) is 7.81. The maximum Gasteiger partial charge on any atom is 0.417 e. The van der Waals surface area contributed by atoms with E-state index in [2.05, 4.69) is 23.4 Å². The van der Waals surface area contributed by atoms with Gasteiger partial charge in [0.1, 0.15) is 17.1 Å². The van der Waals surface area contributed by atoms with E-state index in [0.717, 1.165) is 24.7 Å². The van der Waals surface area contributed by atoms with Crippen LogP contribution in [0.4, 0.5) is 13.2 Å². The number of hydrogen-bond acceptors (Lipinski definition) is 3. The number of nitrogens with zero attached hydrogens (tertiary/aromatic N) is 3. The molecule has 0 saturated carbocycles. The van der Waals surface area contributed by atoms with Crippen LogP contribution in [0.2, 0.25) is 0 Å². The van der Waals surface area contributed by atoms with Crippen LogP contribution in [0.15, 0.2) is 30.5 Å². The molecule has 0 aliphatic rings. The Balaban J connectivity index is 2.32. The number of benzene rings is 1. The Kier molecular flexibility index (Phi) is 5.63. The van der Waals surface area contributed by atoms with Crippen molar-refractivity contribution in [1.82, 2.24) is 14.5 Å². The molecule has 0 aliphatic heterocycles. The van der Waals surface area contributed by atoms with Crippen LogP contribution in [0, 0.1) is 0 Å². The van der Waals surface area contributed by atoms with Gasteiger partial charge in [0.15, 0.2) is 5.65 Å². The molecule has 3 rings (SSSR count). The Hall–Kier alpha value is -2.57. The number of ether oxygens (including phenoxy) is 1. The first kappa shape index (κ1) is 20.2. The molecule has 150 valence electrons. The van der Waals surface area contributed by atoms with Gasteiger partial charge in [-0.05, 0) is 36.6 Å². The summed E-state index contributed by atoms with van der Waals surface area (Å²) in [5, 5.41) is 0. The van der Waals surface area contributed by atoms with E-state index in [4.69, 9.17) is 9.72 Å². The smallest absolute Gasteiger partial charge is 0.417 e. The lowest BCUT2D eigenvalue weighted by molar-refractivity contribution is -0.137. The minimum Gasteiger partial charge on any atom is -0.497 e. The van der Waals surface area contributed by atoms with E-state index in [0.29, 0.717) is 23.1 Å². The van der Waals surface area contributed by atoms with Crippen molar-refractivity contribution in [3.8, 4) is 16.9 Å². The van der Waals surface area contributed by atoms with Gasteiger partial charge in [0, 0.05) is 24.2 Å². The van der Waals surface area contributed by atoms with Crippen molar-refractivity contribution >= 4 is 11.2 Å². The van der Waals surface area contributed by atoms with Crippen molar-refractivity contribution in [3.05, 3.63) is 41.9 Å². The quantitative estimate of drug-likeness (QED) is 0.514. The Bertz CT molecular complexity index is 975. The van der Waals surface area contributed by atoms with Crippen molar-refractivity contribution in [3.63, 3.8) is 0 Å². The summed E-state index contributed by atoms with van der Waals surface area (Å²) in [4.78, 5) is 9.16. The summed E-state index contributed by atoms with van der Waals surface area (Å²) in [7, 11) is 1.35. The molecule has 0 saturated heterocycles. The number of imidazole rings is 1. The number of pyridine rings is 1. The third kappa shape index (κ3) is 3.45. The summed E-state index contributed by atoms with van der Waals surface area (Å²) in [6.45, 7) is 6.18. The molecule has 0 fully saturated rings. The van der Waals surface area contributed by atoms with Gasteiger partial charge in [-0.3, -0.25) is 0 Å². The molecule has 0 unspecified atom stereocenters. The van der Waals surface area contributed by atoms with E-state index in [9.17, 15) is 13.2 Å². The summed E-state index contributed by atoms with van der Waals surface area (Å²) < 4.78 is 48.3. The summed E-state index contributed by atoms with van der Waals surface area (Å²) in [6.07, 6.45) is -0.470. The van der Waals surface area contributed by atoms with Gasteiger partial charge in [0.25, 0.3) is 0 Å². The second-order valence-corrected chi connectivity index (χ2v) is 6.66. The molecule has 0 spiro atoms. The predicted octanol–water partition coefficient (Wildman–Crippen LogP) is 6.05. The van der Waals surface area contributed by atoms with Gasteiger partial charge < -0.3 is 9.30 Å². The fraction of sp³-hybridized carbons (Fsp3) is 0.429. The van der Waals surface area contributed by atoms with E-state index >= 15 is 0 Å². The van der Waals surface area contributed by atoms with Crippen LogP contribution in [-0.2, 0) is 12.6 Å². The van der Waals surface area contributed by atoms with E-state index in [1.54, 1.807) is 12.3 Å². The van der Waals surface area contributed by atoms with Crippen molar-refractivity contribution in [2.24, 2.45) is 0 Å². The summed E-state index contributed by atoms with van der Waals surface area (Å²) in [5.41, 5.74) is 0.903. The number of methoxy groups -OCH3 is 1. The zero-order valence-electron chi connectivity index (χ0n) is 16.5. The summed E-state index contributed by atoms with van der Waals surface area (Å²) in [6, 6.07) is 5.82. The molecule has 0 aliphatic carbocycles. The first-order valence-corrected chi connectivity index (χ1v) is 9.47. The number of aromatic nitrogens is 3. The third-order valence-electron chi connectivity index (χ3n) is 5.10. The first-order chi connectivity index (χ1) is 13.3. The molecule has 0 N–H and O–H groups in total. The SMILES string of the molecule is CCc1nc2c(-c3ccc(OC)cc3C(F)(F)F)ccnc2n1C(CC)CC. The number of aryl methyl sites for hydroxylation is 1. The van der Waals surface area contributed by atoms with Gasteiger partial charge in [0.2, 0.25) is 0 Å². The normalized spacial score (nSPS) is 12.1. The number of hydrogen-bond donors (Lipinski definition) is 0. The maximum absolute atomic E-state index is 13.7. The summed E-state index contributed by atoms with van der Waals surface area (Å²) >= 11 is 0. The van der Waals surface area contributed by atoms with Crippen LogP contribution in [-0.4, -0.2) is 21.6 Å². The molecule has 2 heterocycles. The zero-order chi connectivity index (χ0) is 20.5. The van der Waals surface area contributed by atoms with Crippen molar-refractivity contribution in [2.75, 3.05) is 7.11 Å². The van der Waals surface area contributed by atoms with Crippen LogP contribution < -0.4 is 4.74 Å². The highest BCUT2D eigenvalue weighted by molar-refractivity contribution is 5.91. The highest BCUT2D eigenvalue weighted by Gasteiger charge is 2.35. The molecule has 0 radical (unpaired) electrons. The molecular formula is C21H24F3N3O. The van der Waals surface area contributed by atoms with Crippen LogP contribution in [0.1, 0.15) is 51.0 Å². The highest BCUT2D eigenvalue weighted by atomic mass is 19.4. The van der Waals surface area contributed by atoms with Crippen LogP contribution in [0.25, 0.3) is 22.3 Å². The Labute approximate surface area is 162 Å². The van der Waals surface area contributed by atoms with Crippen molar-refractivity contribution in [1.29, 1.82) is 0 Å². The van der Waals surface area contributed by atoms with E-state index < -0.39 is 11.7 Å². The van der Waals surface area contributed by atoms with Gasteiger partial charge >= 0.3 is 6.18 Å². The van der Waals surface area contributed by atoms with Gasteiger partial charge in [-0.15, -0.1) is 0 Å². The molecule has 4 nitrogen and oxygen atoms in total. The number of fused-ring (bicyclic) bond motifs is 1. The van der Waals surface area contributed by atoms with Crippen LogP contribution in [0.5, 0.6) is 5.75 Å². The number of alkyl halides is 3. The number of rotatable bonds is 6. The lowest BCUT2D eigenvalue weighted by Gasteiger charge is -2.18. The first-order valence-electron chi connectivity index (χ1n) is 9.47. The van der Waals surface area contributed by atoms with Gasteiger partial charge in [-0.2, -0.15) is 13.2 Å². The lowest BCUT2D eigenvalue weighted by atomic mass is 9.99. The highest BCUT2D eigenvalue weighted by Crippen LogP contribution is 2.41. The molecule has 0 amide bonds. The molecule has 0 atom stereocenters. The fourth-order valence-corrected chi connectivity index (χ4v) is 3.66. The van der Waals surface area contributed by atoms with E-state index in [1.165, 1.54) is 19.2 Å². The predicted molar refractivity (Wildman–Crippen MR) is 104 cm³/mol. The molecule has 28 heavy (non-hydrogen) atoms. The Morgan fingerprint density at radius 3 is 2.36 bits per heavy atom. The van der Waals surface area contributed by atoms with Gasteiger partial charge in [-0.1, -0.05) is 26.8 Å². The molecule has 7 heteroatoms. The summed E-state index contributed by atoms with van der Waals surface area (Å²) in [5.74, 6) is 1.00. The number of halogens is 3. The lowest BCUT2D eigenvalue weighted by Crippen LogP contribution is -2.11. The van der Waals surface area contributed by atoms with Gasteiger partial charge in [-0.25, -0.2) is 9.97 Å².